The first-order valence-corrected chi connectivity index (χ1v) is 7.62. The maximum atomic E-state index is 12.6. The fourth-order valence-corrected chi connectivity index (χ4v) is 2.61. The number of halogens is 1. The van der Waals surface area contributed by atoms with Crippen LogP contribution in [0.25, 0.3) is 0 Å². The highest BCUT2D eigenvalue weighted by molar-refractivity contribution is 14.1. The molecule has 0 aliphatic carbocycles. The van der Waals surface area contributed by atoms with Gasteiger partial charge in [-0.2, -0.15) is 0 Å². The summed E-state index contributed by atoms with van der Waals surface area (Å²) in [5.41, 5.74) is 0. The molecule has 8 nitrogen and oxygen atoms in total. The van der Waals surface area contributed by atoms with Gasteiger partial charge in [-0.1, -0.05) is 0 Å². The van der Waals surface area contributed by atoms with E-state index in [1.165, 1.54) is 19.1 Å². The monoisotopic (exact) mass is 413 g/mol. The van der Waals surface area contributed by atoms with Crippen molar-refractivity contribution in [2.24, 2.45) is 0 Å². The zero-order valence-electron chi connectivity index (χ0n) is 12.2. The van der Waals surface area contributed by atoms with Gasteiger partial charge in [-0.25, -0.2) is 4.79 Å². The molecule has 2 N–H and O–H groups in total. The largest absolute Gasteiger partial charge is 0.453 e. The number of hydrogen-bond donors (Lipinski definition) is 2. The Labute approximate surface area is 137 Å². The van der Waals surface area contributed by atoms with Crippen molar-refractivity contribution < 1.29 is 23.9 Å². The summed E-state index contributed by atoms with van der Waals surface area (Å²) in [5, 5.41) is 2.46. The van der Waals surface area contributed by atoms with Gasteiger partial charge >= 0.3 is 6.09 Å². The standard InChI is InChI=1S/C12H20IN3O5/c1-7(20-2)9(14-12(19)21-3)11(18)16-6-4-5-8(16)10(17)15-13/h7-9H,4-6H2,1-3H3,(H,14,19)(H,15,17)/t7-,8+,9+/m1/s1. The molecule has 9 heteroatoms. The van der Waals surface area contributed by atoms with Crippen LogP contribution in [0.1, 0.15) is 19.8 Å². The predicted molar refractivity (Wildman–Crippen MR) is 82.7 cm³/mol. The number of rotatable bonds is 5. The second-order valence-electron chi connectivity index (χ2n) is 4.70. The van der Waals surface area contributed by atoms with Gasteiger partial charge in [-0.15, -0.1) is 0 Å². The van der Waals surface area contributed by atoms with Gasteiger partial charge in [-0.3, -0.25) is 13.1 Å². The van der Waals surface area contributed by atoms with Crippen LogP contribution in [0, 0.1) is 0 Å². The lowest BCUT2D eigenvalue weighted by molar-refractivity contribution is -0.141. The summed E-state index contributed by atoms with van der Waals surface area (Å²) in [6.45, 7) is 2.14. The topological polar surface area (TPSA) is 97.0 Å². The predicted octanol–water partition coefficient (Wildman–Crippen LogP) is 0.203. The smallest absolute Gasteiger partial charge is 0.407 e. The van der Waals surface area contributed by atoms with Crippen molar-refractivity contribution in [2.45, 2.75) is 38.0 Å². The summed E-state index contributed by atoms with van der Waals surface area (Å²) in [5.74, 6) is -0.569. The first kappa shape index (κ1) is 18.0. The van der Waals surface area contributed by atoms with Crippen LogP contribution in [0.4, 0.5) is 4.79 Å². The summed E-state index contributed by atoms with van der Waals surface area (Å²) in [4.78, 5) is 37.3. The van der Waals surface area contributed by atoms with Crippen LogP contribution in [0.15, 0.2) is 0 Å². The Morgan fingerprint density at radius 3 is 2.52 bits per heavy atom. The van der Waals surface area contributed by atoms with E-state index in [0.29, 0.717) is 13.0 Å². The number of likely N-dealkylation sites (tertiary alicyclic amines) is 1. The average molecular weight is 413 g/mol. The molecule has 0 aromatic carbocycles. The molecule has 1 aliphatic heterocycles. The lowest BCUT2D eigenvalue weighted by Gasteiger charge is -2.30. The molecule has 3 amide bonds. The van der Waals surface area contributed by atoms with Crippen molar-refractivity contribution in [1.29, 1.82) is 0 Å². The average Bonchev–Trinajstić information content (AvgIpc) is 2.99. The lowest BCUT2D eigenvalue weighted by atomic mass is 10.1. The van der Waals surface area contributed by atoms with Crippen LogP contribution < -0.4 is 8.85 Å². The maximum absolute atomic E-state index is 12.6. The molecule has 1 saturated heterocycles. The SMILES string of the molecule is COC(=O)N[C@H](C(=O)N1CCC[C@H]1C(=O)NI)[C@@H](C)OC. The van der Waals surface area contributed by atoms with Gasteiger partial charge in [0, 0.05) is 13.7 Å². The molecule has 0 unspecified atom stereocenters. The van der Waals surface area contributed by atoms with Crippen LogP contribution in [0.2, 0.25) is 0 Å². The Balaban J connectivity index is 2.88. The Bertz CT molecular complexity index is 406. The fourth-order valence-electron chi connectivity index (χ4n) is 2.25. The van der Waals surface area contributed by atoms with Crippen LogP contribution in [-0.2, 0) is 19.1 Å². The second-order valence-corrected chi connectivity index (χ2v) is 5.24. The van der Waals surface area contributed by atoms with E-state index in [1.54, 1.807) is 29.8 Å². The first-order valence-electron chi connectivity index (χ1n) is 6.54. The molecule has 0 radical (unpaired) electrons. The molecule has 0 bridgehead atoms. The zero-order chi connectivity index (χ0) is 16.0. The van der Waals surface area contributed by atoms with Gasteiger partial charge in [0.1, 0.15) is 12.1 Å². The van der Waals surface area contributed by atoms with E-state index in [1.807, 2.05) is 0 Å². The zero-order valence-corrected chi connectivity index (χ0v) is 14.4. The lowest BCUT2D eigenvalue weighted by Crippen LogP contribution is -2.56. The molecule has 120 valence electrons. The first-order chi connectivity index (χ1) is 9.96. The van der Waals surface area contributed by atoms with E-state index in [9.17, 15) is 14.4 Å². The molecule has 1 aliphatic rings. The minimum atomic E-state index is -0.898. The highest BCUT2D eigenvalue weighted by atomic mass is 127. The van der Waals surface area contributed by atoms with Crippen molar-refractivity contribution in [1.82, 2.24) is 13.7 Å². The van der Waals surface area contributed by atoms with E-state index in [2.05, 4.69) is 13.6 Å². The molecule has 1 rings (SSSR count). The van der Waals surface area contributed by atoms with Crippen LogP contribution in [0.5, 0.6) is 0 Å². The van der Waals surface area contributed by atoms with E-state index >= 15 is 0 Å². The minimum absolute atomic E-state index is 0.219. The van der Waals surface area contributed by atoms with E-state index in [4.69, 9.17) is 4.74 Å². The number of methoxy groups -OCH3 is 2. The van der Waals surface area contributed by atoms with Crippen molar-refractivity contribution in [3.8, 4) is 0 Å². The summed E-state index contributed by atoms with van der Waals surface area (Å²) < 4.78 is 12.2. The normalized spacial score (nSPS) is 20.6. The van der Waals surface area contributed by atoms with Crippen molar-refractivity contribution in [3.63, 3.8) is 0 Å². The molecule has 1 heterocycles. The molecule has 0 spiro atoms. The Hall–Kier alpha value is -1.10. The van der Waals surface area contributed by atoms with Gasteiger partial charge < -0.3 is 19.7 Å². The van der Waals surface area contributed by atoms with Crippen LogP contribution in [-0.4, -0.2) is 61.8 Å². The van der Waals surface area contributed by atoms with E-state index in [0.717, 1.165) is 6.42 Å². The van der Waals surface area contributed by atoms with Gasteiger partial charge in [0.05, 0.1) is 36.1 Å². The number of carbonyl (C=O) groups excluding carboxylic acids is 3. The Morgan fingerprint density at radius 1 is 1.33 bits per heavy atom. The highest BCUT2D eigenvalue weighted by Gasteiger charge is 2.39. The fraction of sp³-hybridized carbons (Fsp3) is 0.750. The number of carbonyl (C=O) groups is 3. The third-order valence-corrected chi connectivity index (χ3v) is 4.03. The summed E-state index contributed by atoms with van der Waals surface area (Å²) in [7, 11) is 2.67. The molecule has 0 aromatic rings. The van der Waals surface area contributed by atoms with Crippen molar-refractivity contribution in [2.75, 3.05) is 20.8 Å². The molecule has 21 heavy (non-hydrogen) atoms. The Morgan fingerprint density at radius 2 is 2.00 bits per heavy atom. The summed E-state index contributed by atoms with van der Waals surface area (Å²) in [6, 6.07) is -1.41. The minimum Gasteiger partial charge on any atom is -0.453 e. The number of hydrogen-bond acceptors (Lipinski definition) is 5. The number of nitrogens with zero attached hydrogens (tertiary/aromatic N) is 1. The number of alkyl carbamates (subject to hydrolysis) is 1. The second kappa shape index (κ2) is 8.37. The van der Waals surface area contributed by atoms with Crippen LogP contribution >= 0.6 is 22.9 Å². The third-order valence-electron chi connectivity index (χ3n) is 3.50. The molecular weight excluding hydrogens is 393 g/mol. The van der Waals surface area contributed by atoms with Crippen molar-refractivity contribution >= 4 is 40.8 Å². The highest BCUT2D eigenvalue weighted by Crippen LogP contribution is 2.20. The molecular formula is C12H20IN3O5. The molecule has 0 aromatic heterocycles. The van der Waals surface area contributed by atoms with Gasteiger partial charge in [0.15, 0.2) is 0 Å². The Kier molecular flexibility index (Phi) is 7.15. The van der Waals surface area contributed by atoms with Gasteiger partial charge in [-0.05, 0) is 19.8 Å². The van der Waals surface area contributed by atoms with Gasteiger partial charge in [0.2, 0.25) is 5.91 Å². The van der Waals surface area contributed by atoms with Crippen molar-refractivity contribution in [3.05, 3.63) is 0 Å². The number of ether oxygens (including phenoxy) is 2. The van der Waals surface area contributed by atoms with E-state index < -0.39 is 24.3 Å². The molecule has 0 saturated carbocycles. The molecule has 1 fully saturated rings. The third kappa shape index (κ3) is 4.43. The number of amides is 3. The van der Waals surface area contributed by atoms with Gasteiger partial charge in [0.25, 0.3) is 5.91 Å². The molecule has 3 atom stereocenters. The summed E-state index contributed by atoms with van der Waals surface area (Å²) >= 11 is 1.75. The van der Waals surface area contributed by atoms with Crippen LogP contribution in [0.3, 0.4) is 0 Å². The summed E-state index contributed by atoms with van der Waals surface area (Å²) in [6.07, 6.45) is 0.0893. The van der Waals surface area contributed by atoms with E-state index in [-0.39, 0.29) is 11.8 Å². The number of nitrogens with one attached hydrogen (secondary N) is 2. The maximum Gasteiger partial charge on any atom is 0.407 e. The quantitative estimate of drug-likeness (QED) is 0.496.